The van der Waals surface area contributed by atoms with E-state index >= 15 is 0 Å². The van der Waals surface area contributed by atoms with Crippen LogP contribution in [0.4, 0.5) is 5.69 Å². The number of carbonyl (C=O) groups is 2. The maximum atomic E-state index is 11.5. The monoisotopic (exact) mass is 326 g/mol. The summed E-state index contributed by atoms with van der Waals surface area (Å²) in [5.74, 6) is -1.68. The van der Waals surface area contributed by atoms with Gasteiger partial charge in [-0.3, -0.25) is 9.59 Å². The summed E-state index contributed by atoms with van der Waals surface area (Å²) in [6.45, 7) is 2.92. The Hall–Kier alpha value is -1.56. The van der Waals surface area contributed by atoms with Gasteiger partial charge in [-0.15, -0.1) is 0 Å². The average Bonchev–Trinajstić information content (AvgIpc) is 2.71. The summed E-state index contributed by atoms with van der Waals surface area (Å²) in [6, 6.07) is 5.28. The normalized spacial score (nSPS) is 22.5. The number of carboxylic acid groups (broad SMARTS) is 1. The molecule has 19 heavy (non-hydrogen) atoms. The molecule has 1 saturated heterocycles. The van der Waals surface area contributed by atoms with Crippen molar-refractivity contribution >= 4 is 33.5 Å². The second kappa shape index (κ2) is 5.21. The molecule has 2 unspecified atom stereocenters. The van der Waals surface area contributed by atoms with Crippen LogP contribution in [-0.2, 0) is 4.79 Å². The number of hydrogen-bond donors (Lipinski definition) is 2. The molecule has 0 aromatic heterocycles. The summed E-state index contributed by atoms with van der Waals surface area (Å²) < 4.78 is 0.770. The van der Waals surface area contributed by atoms with Gasteiger partial charge in [0.2, 0.25) is 0 Å². The molecule has 2 atom stereocenters. The minimum absolute atomic E-state index is 0.0434. The predicted octanol–water partition coefficient (Wildman–Crippen LogP) is 1.70. The van der Waals surface area contributed by atoms with Crippen LogP contribution in [0.15, 0.2) is 22.7 Å². The van der Waals surface area contributed by atoms with Crippen LogP contribution < -0.4 is 10.6 Å². The molecule has 2 rings (SSSR count). The van der Waals surface area contributed by atoms with Crippen molar-refractivity contribution in [1.82, 2.24) is 0 Å². The maximum Gasteiger partial charge on any atom is 0.308 e. The van der Waals surface area contributed by atoms with Crippen LogP contribution in [0.1, 0.15) is 17.3 Å². The van der Waals surface area contributed by atoms with Crippen LogP contribution in [0.5, 0.6) is 0 Å². The van der Waals surface area contributed by atoms with Crippen molar-refractivity contribution in [3.8, 4) is 0 Å². The number of halogens is 1. The summed E-state index contributed by atoms with van der Waals surface area (Å²) in [6.07, 6.45) is 0. The number of nitrogens with zero attached hydrogens (tertiary/aromatic N) is 1. The Bertz CT molecular complexity index is 533. The molecule has 102 valence electrons. The lowest BCUT2D eigenvalue weighted by molar-refractivity contribution is -0.142. The first-order valence-corrected chi connectivity index (χ1v) is 6.76. The van der Waals surface area contributed by atoms with E-state index in [0.29, 0.717) is 24.3 Å². The van der Waals surface area contributed by atoms with Gasteiger partial charge < -0.3 is 15.7 Å². The number of primary amides is 1. The highest BCUT2D eigenvalue weighted by molar-refractivity contribution is 9.10. The molecule has 0 spiro atoms. The van der Waals surface area contributed by atoms with Crippen molar-refractivity contribution in [3.05, 3.63) is 28.2 Å². The lowest BCUT2D eigenvalue weighted by Crippen LogP contribution is -2.25. The number of anilines is 1. The van der Waals surface area contributed by atoms with Gasteiger partial charge in [0.25, 0.3) is 5.91 Å². The van der Waals surface area contributed by atoms with E-state index in [1.807, 2.05) is 17.9 Å². The third kappa shape index (κ3) is 2.73. The van der Waals surface area contributed by atoms with Gasteiger partial charge in [-0.25, -0.2) is 0 Å². The van der Waals surface area contributed by atoms with Gasteiger partial charge in [0.15, 0.2) is 0 Å². The molecule has 3 N–H and O–H groups in total. The summed E-state index contributed by atoms with van der Waals surface area (Å²) in [5.41, 5.74) is 6.49. The number of amides is 1. The van der Waals surface area contributed by atoms with Crippen LogP contribution in [0.25, 0.3) is 0 Å². The highest BCUT2D eigenvalue weighted by atomic mass is 79.9. The van der Waals surface area contributed by atoms with Crippen LogP contribution in [0, 0.1) is 11.8 Å². The molecular weight excluding hydrogens is 312 g/mol. The number of carboxylic acids is 1. The minimum Gasteiger partial charge on any atom is -0.481 e. The standard InChI is InChI=1S/C13H15BrN2O3/c1-7-5-16(6-10(7)13(18)19)11-3-2-8(14)4-9(11)12(15)17/h2-4,7,10H,5-6H2,1H3,(H2,15,17)(H,18,19). The fourth-order valence-corrected chi connectivity index (χ4v) is 2.83. The molecule has 1 aliphatic rings. The zero-order valence-corrected chi connectivity index (χ0v) is 12.1. The van der Waals surface area contributed by atoms with Gasteiger partial charge in [-0.05, 0) is 24.1 Å². The second-order valence-corrected chi connectivity index (χ2v) is 5.77. The van der Waals surface area contributed by atoms with E-state index in [4.69, 9.17) is 10.8 Å². The molecule has 1 aromatic carbocycles. The van der Waals surface area contributed by atoms with Crippen molar-refractivity contribution in [2.24, 2.45) is 17.6 Å². The quantitative estimate of drug-likeness (QED) is 0.885. The Morgan fingerprint density at radius 2 is 2.11 bits per heavy atom. The SMILES string of the molecule is CC1CN(c2ccc(Br)cc2C(N)=O)CC1C(=O)O. The number of aliphatic carboxylic acids is 1. The Balaban J connectivity index is 2.33. The fourth-order valence-electron chi connectivity index (χ4n) is 2.47. The first kappa shape index (κ1) is 13.9. The van der Waals surface area contributed by atoms with Gasteiger partial charge in [0, 0.05) is 23.2 Å². The van der Waals surface area contributed by atoms with Crippen LogP contribution >= 0.6 is 15.9 Å². The predicted molar refractivity (Wildman–Crippen MR) is 75.2 cm³/mol. The summed E-state index contributed by atoms with van der Waals surface area (Å²) in [7, 11) is 0. The molecule has 0 aliphatic carbocycles. The lowest BCUT2D eigenvalue weighted by atomic mass is 9.99. The average molecular weight is 327 g/mol. The second-order valence-electron chi connectivity index (χ2n) is 4.85. The van der Waals surface area contributed by atoms with Crippen molar-refractivity contribution in [1.29, 1.82) is 0 Å². The highest BCUT2D eigenvalue weighted by Gasteiger charge is 2.35. The Morgan fingerprint density at radius 3 is 2.63 bits per heavy atom. The fraction of sp³-hybridized carbons (Fsp3) is 0.385. The molecule has 0 bridgehead atoms. The van der Waals surface area contributed by atoms with Gasteiger partial charge in [-0.2, -0.15) is 0 Å². The minimum atomic E-state index is -0.798. The molecule has 1 heterocycles. The van der Waals surface area contributed by atoms with E-state index in [2.05, 4.69) is 15.9 Å². The molecule has 5 nitrogen and oxygen atoms in total. The summed E-state index contributed by atoms with van der Waals surface area (Å²) in [5, 5.41) is 9.15. The number of nitrogens with two attached hydrogens (primary N) is 1. The Kier molecular flexibility index (Phi) is 3.80. The largest absolute Gasteiger partial charge is 0.481 e. The lowest BCUT2D eigenvalue weighted by Gasteiger charge is -2.21. The molecule has 1 fully saturated rings. The van der Waals surface area contributed by atoms with Crippen LogP contribution in [-0.4, -0.2) is 30.1 Å². The Morgan fingerprint density at radius 1 is 1.42 bits per heavy atom. The van der Waals surface area contributed by atoms with Gasteiger partial charge >= 0.3 is 5.97 Å². The summed E-state index contributed by atoms with van der Waals surface area (Å²) >= 11 is 3.30. The Labute approximate surface area is 119 Å². The van der Waals surface area contributed by atoms with Gasteiger partial charge in [0.1, 0.15) is 0 Å². The molecule has 6 heteroatoms. The van der Waals surface area contributed by atoms with Crippen LogP contribution in [0.3, 0.4) is 0 Å². The zero-order chi connectivity index (χ0) is 14.2. The van der Waals surface area contributed by atoms with Gasteiger partial charge in [-0.1, -0.05) is 22.9 Å². The first-order chi connectivity index (χ1) is 8.90. The van der Waals surface area contributed by atoms with Crippen molar-refractivity contribution in [2.75, 3.05) is 18.0 Å². The molecule has 1 aliphatic heterocycles. The van der Waals surface area contributed by atoms with Crippen molar-refractivity contribution < 1.29 is 14.7 Å². The van der Waals surface area contributed by atoms with Gasteiger partial charge in [0.05, 0.1) is 11.5 Å². The molecular formula is C13H15BrN2O3. The highest BCUT2D eigenvalue weighted by Crippen LogP contribution is 2.31. The molecule has 1 aromatic rings. The number of benzene rings is 1. The smallest absolute Gasteiger partial charge is 0.308 e. The number of hydrogen-bond acceptors (Lipinski definition) is 3. The van der Waals surface area contributed by atoms with E-state index in [1.165, 1.54) is 0 Å². The zero-order valence-electron chi connectivity index (χ0n) is 10.5. The van der Waals surface area contributed by atoms with Crippen molar-refractivity contribution in [2.45, 2.75) is 6.92 Å². The first-order valence-electron chi connectivity index (χ1n) is 5.97. The number of rotatable bonds is 3. The molecule has 0 radical (unpaired) electrons. The third-order valence-electron chi connectivity index (χ3n) is 3.49. The number of carbonyl (C=O) groups excluding carboxylic acids is 1. The summed E-state index contributed by atoms with van der Waals surface area (Å²) in [4.78, 5) is 24.5. The maximum absolute atomic E-state index is 11.5. The third-order valence-corrected chi connectivity index (χ3v) is 3.99. The molecule has 0 saturated carbocycles. The van der Waals surface area contributed by atoms with E-state index < -0.39 is 17.8 Å². The van der Waals surface area contributed by atoms with Crippen LogP contribution in [0.2, 0.25) is 0 Å². The van der Waals surface area contributed by atoms with E-state index in [9.17, 15) is 9.59 Å². The van der Waals surface area contributed by atoms with Crippen molar-refractivity contribution in [3.63, 3.8) is 0 Å². The topological polar surface area (TPSA) is 83.6 Å². The van der Waals surface area contributed by atoms with E-state index in [1.54, 1.807) is 12.1 Å². The van der Waals surface area contributed by atoms with E-state index in [-0.39, 0.29) is 5.92 Å². The molecule has 1 amide bonds. The van der Waals surface area contributed by atoms with E-state index in [0.717, 1.165) is 4.47 Å².